The predicted molar refractivity (Wildman–Crippen MR) is 76.6 cm³/mol. The van der Waals surface area contributed by atoms with Crippen LogP contribution in [0.15, 0.2) is 24.3 Å². The van der Waals surface area contributed by atoms with Gasteiger partial charge >= 0.3 is 5.97 Å². The molecule has 19 heavy (non-hydrogen) atoms. The number of nitrogens with zero attached hydrogens (tertiary/aromatic N) is 1. The Labute approximate surface area is 119 Å². The Kier molecular flexibility index (Phi) is 5.23. The summed E-state index contributed by atoms with van der Waals surface area (Å²) in [6, 6.07) is 6.99. The third-order valence-corrected chi connectivity index (χ3v) is 3.70. The van der Waals surface area contributed by atoms with Crippen molar-refractivity contribution in [1.29, 1.82) is 0 Å². The van der Waals surface area contributed by atoms with Crippen molar-refractivity contribution in [3.63, 3.8) is 0 Å². The van der Waals surface area contributed by atoms with E-state index in [-0.39, 0.29) is 12.1 Å². The maximum Gasteiger partial charge on any atom is 0.339 e. The number of rotatable bonds is 4. The number of hydrogen-bond donors (Lipinski definition) is 0. The summed E-state index contributed by atoms with van der Waals surface area (Å²) in [4.78, 5) is 14.3. The molecule has 0 unspecified atom stereocenters. The number of hydrogen-bond acceptors (Lipinski definition) is 3. The molecule has 4 heteroatoms. The van der Waals surface area contributed by atoms with Gasteiger partial charge in [-0.05, 0) is 45.0 Å². The molecular weight excluding hydrogens is 262 g/mol. The van der Waals surface area contributed by atoms with Crippen LogP contribution in [0.4, 0.5) is 0 Å². The van der Waals surface area contributed by atoms with Crippen molar-refractivity contribution < 1.29 is 9.53 Å². The molecule has 0 bridgehead atoms. The SMILES string of the molecule is C[C@H](CN1CCCCC1)OC(=O)c1ccccc1Cl. The predicted octanol–water partition coefficient (Wildman–Crippen LogP) is 3.37. The maximum absolute atomic E-state index is 12.0. The van der Waals surface area contributed by atoms with E-state index in [1.54, 1.807) is 24.3 Å². The van der Waals surface area contributed by atoms with Crippen LogP contribution in [0.25, 0.3) is 0 Å². The number of esters is 1. The third-order valence-electron chi connectivity index (χ3n) is 3.37. The number of ether oxygens (including phenoxy) is 1. The first-order chi connectivity index (χ1) is 9.16. The average molecular weight is 282 g/mol. The van der Waals surface area contributed by atoms with Gasteiger partial charge in [0.25, 0.3) is 0 Å². The van der Waals surface area contributed by atoms with E-state index < -0.39 is 0 Å². The molecule has 3 nitrogen and oxygen atoms in total. The monoisotopic (exact) mass is 281 g/mol. The van der Waals surface area contributed by atoms with Gasteiger partial charge in [0.05, 0.1) is 10.6 Å². The first kappa shape index (κ1) is 14.4. The van der Waals surface area contributed by atoms with Gasteiger partial charge in [0, 0.05) is 6.54 Å². The summed E-state index contributed by atoms with van der Waals surface area (Å²) in [7, 11) is 0. The van der Waals surface area contributed by atoms with E-state index in [2.05, 4.69) is 4.90 Å². The standard InChI is InChI=1S/C15H20ClNO2/c1-12(11-17-9-5-2-6-10-17)19-15(18)13-7-3-4-8-14(13)16/h3-4,7-8,12H,2,5-6,9-11H2,1H3/t12-/m1/s1. The topological polar surface area (TPSA) is 29.5 Å². The fourth-order valence-electron chi connectivity index (χ4n) is 2.42. The number of piperidine rings is 1. The molecule has 1 heterocycles. The molecule has 1 aliphatic heterocycles. The Balaban J connectivity index is 1.86. The molecular formula is C15H20ClNO2. The highest BCUT2D eigenvalue weighted by Gasteiger charge is 2.18. The molecule has 0 saturated carbocycles. The Morgan fingerprint density at radius 2 is 2.00 bits per heavy atom. The summed E-state index contributed by atoms with van der Waals surface area (Å²) < 4.78 is 5.45. The lowest BCUT2D eigenvalue weighted by Gasteiger charge is -2.28. The number of benzene rings is 1. The molecule has 0 aromatic heterocycles. The minimum Gasteiger partial charge on any atom is -0.458 e. The van der Waals surface area contributed by atoms with Crippen LogP contribution >= 0.6 is 11.6 Å². The van der Waals surface area contributed by atoms with Gasteiger partial charge < -0.3 is 4.74 Å². The van der Waals surface area contributed by atoms with Crippen molar-refractivity contribution in [3.05, 3.63) is 34.9 Å². The lowest BCUT2D eigenvalue weighted by atomic mass is 10.1. The van der Waals surface area contributed by atoms with Crippen LogP contribution in [0.1, 0.15) is 36.5 Å². The van der Waals surface area contributed by atoms with E-state index in [0.717, 1.165) is 19.6 Å². The van der Waals surface area contributed by atoms with Crippen molar-refractivity contribution in [2.45, 2.75) is 32.3 Å². The van der Waals surface area contributed by atoms with Gasteiger partial charge in [0.1, 0.15) is 6.10 Å². The number of carbonyl (C=O) groups excluding carboxylic acids is 1. The van der Waals surface area contributed by atoms with Crippen LogP contribution in [-0.2, 0) is 4.74 Å². The average Bonchev–Trinajstić information content (AvgIpc) is 2.40. The molecule has 0 radical (unpaired) electrons. The molecule has 1 atom stereocenters. The zero-order valence-corrected chi connectivity index (χ0v) is 12.0. The molecule has 0 aliphatic carbocycles. The lowest BCUT2D eigenvalue weighted by Crippen LogP contribution is -2.37. The minimum absolute atomic E-state index is 0.109. The molecule has 1 saturated heterocycles. The largest absolute Gasteiger partial charge is 0.458 e. The van der Waals surface area contributed by atoms with Crippen LogP contribution in [-0.4, -0.2) is 36.6 Å². The van der Waals surface area contributed by atoms with Gasteiger partial charge in [0.15, 0.2) is 0 Å². The second-order valence-electron chi connectivity index (χ2n) is 5.06. The summed E-state index contributed by atoms with van der Waals surface area (Å²) in [6.07, 6.45) is 3.68. The number of halogens is 1. The van der Waals surface area contributed by atoms with Crippen molar-refractivity contribution in [2.24, 2.45) is 0 Å². The van der Waals surface area contributed by atoms with Crippen molar-refractivity contribution >= 4 is 17.6 Å². The molecule has 0 amide bonds. The van der Waals surface area contributed by atoms with Crippen molar-refractivity contribution in [1.82, 2.24) is 4.90 Å². The Morgan fingerprint density at radius 3 is 2.68 bits per heavy atom. The normalized spacial score (nSPS) is 18.0. The Morgan fingerprint density at radius 1 is 1.32 bits per heavy atom. The highest BCUT2D eigenvalue weighted by atomic mass is 35.5. The van der Waals surface area contributed by atoms with E-state index in [0.29, 0.717) is 10.6 Å². The number of likely N-dealkylation sites (tertiary alicyclic amines) is 1. The molecule has 0 N–H and O–H groups in total. The van der Waals surface area contributed by atoms with E-state index >= 15 is 0 Å². The fraction of sp³-hybridized carbons (Fsp3) is 0.533. The molecule has 0 spiro atoms. The van der Waals surface area contributed by atoms with E-state index in [9.17, 15) is 4.79 Å². The number of carbonyl (C=O) groups is 1. The molecule has 104 valence electrons. The van der Waals surface area contributed by atoms with Crippen LogP contribution < -0.4 is 0 Å². The van der Waals surface area contributed by atoms with Gasteiger partial charge in [-0.2, -0.15) is 0 Å². The second kappa shape index (κ2) is 6.92. The van der Waals surface area contributed by atoms with Crippen LogP contribution in [0.3, 0.4) is 0 Å². The summed E-state index contributed by atoms with van der Waals surface area (Å²) in [6.45, 7) is 4.95. The molecule has 1 fully saturated rings. The van der Waals surface area contributed by atoms with Crippen LogP contribution in [0.2, 0.25) is 5.02 Å². The van der Waals surface area contributed by atoms with Gasteiger partial charge in [-0.3, -0.25) is 4.90 Å². The van der Waals surface area contributed by atoms with E-state index in [1.165, 1.54) is 19.3 Å². The summed E-state index contributed by atoms with van der Waals surface area (Å²) in [5.41, 5.74) is 0.440. The molecule has 1 aromatic rings. The molecule has 2 rings (SSSR count). The van der Waals surface area contributed by atoms with Gasteiger partial charge in [0.2, 0.25) is 0 Å². The fourth-order valence-corrected chi connectivity index (χ4v) is 2.63. The highest BCUT2D eigenvalue weighted by Crippen LogP contribution is 2.17. The summed E-state index contributed by atoms with van der Waals surface area (Å²) in [5, 5.41) is 0.442. The smallest absolute Gasteiger partial charge is 0.339 e. The Bertz CT molecular complexity index is 430. The molecule has 1 aromatic carbocycles. The molecule has 1 aliphatic rings. The van der Waals surface area contributed by atoms with Crippen molar-refractivity contribution in [2.75, 3.05) is 19.6 Å². The maximum atomic E-state index is 12.0. The van der Waals surface area contributed by atoms with Gasteiger partial charge in [-0.25, -0.2) is 4.79 Å². The third kappa shape index (κ3) is 4.22. The summed E-state index contributed by atoms with van der Waals surface area (Å²) in [5.74, 6) is -0.338. The minimum atomic E-state index is -0.338. The Hall–Kier alpha value is -1.06. The van der Waals surface area contributed by atoms with E-state index in [4.69, 9.17) is 16.3 Å². The zero-order chi connectivity index (χ0) is 13.7. The van der Waals surface area contributed by atoms with Crippen molar-refractivity contribution in [3.8, 4) is 0 Å². The van der Waals surface area contributed by atoms with Gasteiger partial charge in [-0.1, -0.05) is 30.2 Å². The second-order valence-corrected chi connectivity index (χ2v) is 5.46. The lowest BCUT2D eigenvalue weighted by molar-refractivity contribution is 0.0236. The first-order valence-corrected chi connectivity index (χ1v) is 7.22. The quantitative estimate of drug-likeness (QED) is 0.793. The summed E-state index contributed by atoms with van der Waals surface area (Å²) >= 11 is 5.98. The first-order valence-electron chi connectivity index (χ1n) is 6.84. The zero-order valence-electron chi connectivity index (χ0n) is 11.3. The van der Waals surface area contributed by atoms with E-state index in [1.807, 2.05) is 6.92 Å². The van der Waals surface area contributed by atoms with Crippen LogP contribution in [0, 0.1) is 0 Å². The van der Waals surface area contributed by atoms with Crippen LogP contribution in [0.5, 0.6) is 0 Å². The highest BCUT2D eigenvalue weighted by molar-refractivity contribution is 6.33. The van der Waals surface area contributed by atoms with Gasteiger partial charge in [-0.15, -0.1) is 0 Å².